The maximum Gasteiger partial charge on any atom is 0.120 e. The summed E-state index contributed by atoms with van der Waals surface area (Å²) in [5.74, 6) is 0.789. The summed E-state index contributed by atoms with van der Waals surface area (Å²) in [5.41, 5.74) is 6.66. The van der Waals surface area contributed by atoms with Gasteiger partial charge in [0.25, 0.3) is 0 Å². The standard InChI is InChI=1S/C10H14ClNO/c1-3-13-8-4-5-9(7(2)12)10(11)6-8/h4-7H,3,12H2,1-2H3. The van der Waals surface area contributed by atoms with Gasteiger partial charge in [-0.2, -0.15) is 0 Å². The SMILES string of the molecule is CCOc1ccc(C(C)N)c(Cl)c1. The molecule has 0 aliphatic rings. The molecule has 2 nitrogen and oxygen atoms in total. The van der Waals surface area contributed by atoms with E-state index in [9.17, 15) is 0 Å². The Bertz CT molecular complexity index is 286. The molecule has 1 rings (SSSR count). The molecular formula is C10H14ClNO. The number of hydrogen-bond donors (Lipinski definition) is 1. The van der Waals surface area contributed by atoms with Crippen molar-refractivity contribution in [2.75, 3.05) is 6.61 Å². The number of hydrogen-bond acceptors (Lipinski definition) is 2. The van der Waals surface area contributed by atoms with Crippen LogP contribution in [0, 0.1) is 0 Å². The van der Waals surface area contributed by atoms with Gasteiger partial charge in [0.15, 0.2) is 0 Å². The molecule has 13 heavy (non-hydrogen) atoms. The van der Waals surface area contributed by atoms with Crippen LogP contribution in [0.1, 0.15) is 25.5 Å². The van der Waals surface area contributed by atoms with Crippen molar-refractivity contribution in [3.05, 3.63) is 28.8 Å². The second-order valence-electron chi connectivity index (χ2n) is 2.91. The third-order valence-electron chi connectivity index (χ3n) is 1.77. The van der Waals surface area contributed by atoms with Gasteiger partial charge in [-0.1, -0.05) is 17.7 Å². The molecule has 0 saturated carbocycles. The quantitative estimate of drug-likeness (QED) is 0.813. The summed E-state index contributed by atoms with van der Waals surface area (Å²) in [5, 5.41) is 0.668. The van der Waals surface area contributed by atoms with Crippen LogP contribution in [0.25, 0.3) is 0 Å². The van der Waals surface area contributed by atoms with Gasteiger partial charge in [-0.25, -0.2) is 0 Å². The Morgan fingerprint density at radius 3 is 2.69 bits per heavy atom. The Hall–Kier alpha value is -0.730. The first-order chi connectivity index (χ1) is 6.15. The normalized spacial score (nSPS) is 12.6. The predicted octanol–water partition coefficient (Wildman–Crippen LogP) is 2.76. The number of halogens is 1. The fourth-order valence-corrected chi connectivity index (χ4v) is 1.48. The molecule has 1 atom stereocenters. The summed E-state index contributed by atoms with van der Waals surface area (Å²) in [4.78, 5) is 0. The van der Waals surface area contributed by atoms with Crippen molar-refractivity contribution in [2.45, 2.75) is 19.9 Å². The van der Waals surface area contributed by atoms with E-state index in [1.807, 2.05) is 26.0 Å². The number of benzene rings is 1. The van der Waals surface area contributed by atoms with Crippen molar-refractivity contribution in [3.63, 3.8) is 0 Å². The highest BCUT2D eigenvalue weighted by Gasteiger charge is 2.05. The van der Waals surface area contributed by atoms with Crippen LogP contribution < -0.4 is 10.5 Å². The van der Waals surface area contributed by atoms with Crippen LogP contribution in [-0.4, -0.2) is 6.61 Å². The van der Waals surface area contributed by atoms with Crippen molar-refractivity contribution in [1.82, 2.24) is 0 Å². The highest BCUT2D eigenvalue weighted by molar-refractivity contribution is 6.31. The molecule has 0 heterocycles. The first kappa shape index (κ1) is 10.4. The summed E-state index contributed by atoms with van der Waals surface area (Å²) in [6.07, 6.45) is 0. The van der Waals surface area contributed by atoms with Crippen LogP contribution in [-0.2, 0) is 0 Å². The molecule has 0 aliphatic carbocycles. The van der Waals surface area contributed by atoms with E-state index in [0.29, 0.717) is 11.6 Å². The topological polar surface area (TPSA) is 35.2 Å². The molecule has 0 fully saturated rings. The Kier molecular flexibility index (Phi) is 3.58. The van der Waals surface area contributed by atoms with E-state index < -0.39 is 0 Å². The second-order valence-corrected chi connectivity index (χ2v) is 3.31. The molecule has 0 aliphatic heterocycles. The summed E-state index contributed by atoms with van der Waals surface area (Å²) < 4.78 is 5.30. The largest absolute Gasteiger partial charge is 0.494 e. The first-order valence-electron chi connectivity index (χ1n) is 4.33. The van der Waals surface area contributed by atoms with Crippen molar-refractivity contribution in [3.8, 4) is 5.75 Å². The zero-order valence-corrected chi connectivity index (χ0v) is 8.64. The highest BCUT2D eigenvalue weighted by Crippen LogP contribution is 2.25. The van der Waals surface area contributed by atoms with Crippen molar-refractivity contribution in [2.24, 2.45) is 5.73 Å². The summed E-state index contributed by atoms with van der Waals surface area (Å²) >= 11 is 6.00. The molecule has 0 bridgehead atoms. The lowest BCUT2D eigenvalue weighted by Crippen LogP contribution is -2.05. The fraction of sp³-hybridized carbons (Fsp3) is 0.400. The van der Waals surface area contributed by atoms with Crippen molar-refractivity contribution < 1.29 is 4.74 Å². The minimum absolute atomic E-state index is 0.0387. The Morgan fingerprint density at radius 1 is 1.54 bits per heavy atom. The summed E-state index contributed by atoms with van der Waals surface area (Å²) in [6, 6.07) is 5.54. The second kappa shape index (κ2) is 4.49. The van der Waals surface area contributed by atoms with Gasteiger partial charge in [-0.05, 0) is 31.5 Å². The van der Waals surface area contributed by atoms with Crippen LogP contribution in [0.15, 0.2) is 18.2 Å². The van der Waals surface area contributed by atoms with E-state index in [1.165, 1.54) is 0 Å². The predicted molar refractivity (Wildman–Crippen MR) is 55.2 cm³/mol. The lowest BCUT2D eigenvalue weighted by Gasteiger charge is -2.10. The van der Waals surface area contributed by atoms with Crippen LogP contribution in [0.3, 0.4) is 0 Å². The average molecular weight is 200 g/mol. The maximum absolute atomic E-state index is 6.00. The zero-order valence-electron chi connectivity index (χ0n) is 7.88. The van der Waals surface area contributed by atoms with Crippen LogP contribution >= 0.6 is 11.6 Å². The van der Waals surface area contributed by atoms with E-state index in [-0.39, 0.29) is 6.04 Å². The van der Waals surface area contributed by atoms with Gasteiger partial charge in [-0.15, -0.1) is 0 Å². The van der Waals surface area contributed by atoms with E-state index in [4.69, 9.17) is 22.1 Å². The van der Waals surface area contributed by atoms with Gasteiger partial charge >= 0.3 is 0 Å². The minimum Gasteiger partial charge on any atom is -0.494 e. The van der Waals surface area contributed by atoms with Gasteiger partial charge < -0.3 is 10.5 Å². The fourth-order valence-electron chi connectivity index (χ4n) is 1.13. The lowest BCUT2D eigenvalue weighted by atomic mass is 10.1. The van der Waals surface area contributed by atoms with E-state index in [2.05, 4.69) is 0 Å². The molecule has 1 aromatic carbocycles. The smallest absolute Gasteiger partial charge is 0.120 e. The van der Waals surface area contributed by atoms with Gasteiger partial charge in [0.05, 0.1) is 6.61 Å². The number of ether oxygens (including phenoxy) is 1. The van der Waals surface area contributed by atoms with E-state index in [0.717, 1.165) is 11.3 Å². The molecule has 72 valence electrons. The highest BCUT2D eigenvalue weighted by atomic mass is 35.5. The van der Waals surface area contributed by atoms with Crippen LogP contribution in [0.4, 0.5) is 0 Å². The number of rotatable bonds is 3. The van der Waals surface area contributed by atoms with E-state index >= 15 is 0 Å². The summed E-state index contributed by atoms with van der Waals surface area (Å²) in [6.45, 7) is 4.49. The molecule has 0 saturated heterocycles. The molecule has 0 spiro atoms. The molecule has 2 N–H and O–H groups in total. The third-order valence-corrected chi connectivity index (χ3v) is 2.10. The Balaban J connectivity index is 2.92. The van der Waals surface area contributed by atoms with Gasteiger partial charge in [0.2, 0.25) is 0 Å². The lowest BCUT2D eigenvalue weighted by molar-refractivity contribution is 0.340. The van der Waals surface area contributed by atoms with Crippen LogP contribution in [0.2, 0.25) is 5.02 Å². The third kappa shape index (κ3) is 2.61. The molecule has 0 aromatic heterocycles. The Labute approximate surface area is 83.6 Å². The zero-order chi connectivity index (χ0) is 9.84. The van der Waals surface area contributed by atoms with Gasteiger partial charge in [0.1, 0.15) is 5.75 Å². The summed E-state index contributed by atoms with van der Waals surface area (Å²) in [7, 11) is 0. The molecule has 1 aromatic rings. The Morgan fingerprint density at radius 2 is 2.23 bits per heavy atom. The molecule has 0 radical (unpaired) electrons. The minimum atomic E-state index is -0.0387. The molecule has 3 heteroatoms. The van der Waals surface area contributed by atoms with Gasteiger partial charge in [-0.3, -0.25) is 0 Å². The van der Waals surface area contributed by atoms with Crippen molar-refractivity contribution in [1.29, 1.82) is 0 Å². The first-order valence-corrected chi connectivity index (χ1v) is 4.70. The van der Waals surface area contributed by atoms with Gasteiger partial charge in [0, 0.05) is 11.1 Å². The molecule has 1 unspecified atom stereocenters. The van der Waals surface area contributed by atoms with Crippen molar-refractivity contribution >= 4 is 11.6 Å². The number of nitrogens with two attached hydrogens (primary N) is 1. The average Bonchev–Trinajstić information content (AvgIpc) is 2.04. The van der Waals surface area contributed by atoms with Crippen LogP contribution in [0.5, 0.6) is 5.75 Å². The maximum atomic E-state index is 6.00. The monoisotopic (exact) mass is 199 g/mol. The molecular weight excluding hydrogens is 186 g/mol. The van der Waals surface area contributed by atoms with E-state index in [1.54, 1.807) is 6.07 Å². The molecule has 0 amide bonds.